The minimum Gasteiger partial charge on any atom is -0.285 e. The first-order chi connectivity index (χ1) is 6.87. The molecule has 8 heteroatoms. The van der Waals surface area contributed by atoms with Crippen LogP contribution in [0, 0.1) is 0 Å². The highest BCUT2D eigenvalue weighted by Gasteiger charge is 2.58. The van der Waals surface area contributed by atoms with Crippen LogP contribution < -0.4 is 0 Å². The fraction of sp³-hybridized carbons (Fsp3) is 1.00. The standard InChI is InChI=1S/C8H18O6S2/c1-5-7(3,15(9,10)11)8(4,6-2)16(12,13)14/h5-6H2,1-4H3,(H,9,10,11)(H,12,13,14). The van der Waals surface area contributed by atoms with Crippen molar-refractivity contribution in [3.63, 3.8) is 0 Å². The Bertz CT molecular complexity index is 407. The summed E-state index contributed by atoms with van der Waals surface area (Å²) in [6.45, 7) is 5.10. The van der Waals surface area contributed by atoms with Gasteiger partial charge in [-0.1, -0.05) is 13.8 Å². The van der Waals surface area contributed by atoms with Crippen molar-refractivity contribution in [2.45, 2.75) is 50.0 Å². The van der Waals surface area contributed by atoms with Gasteiger partial charge in [0.15, 0.2) is 0 Å². The molecule has 0 spiro atoms. The molecule has 0 aromatic heterocycles. The normalized spacial score (nSPS) is 21.1. The van der Waals surface area contributed by atoms with Crippen molar-refractivity contribution in [1.82, 2.24) is 0 Å². The molecule has 0 bridgehead atoms. The molecule has 0 aromatic rings. The van der Waals surface area contributed by atoms with Crippen LogP contribution in [0.2, 0.25) is 0 Å². The van der Waals surface area contributed by atoms with Crippen LogP contribution in [0.4, 0.5) is 0 Å². The summed E-state index contributed by atoms with van der Waals surface area (Å²) in [4.78, 5) is 0. The van der Waals surface area contributed by atoms with E-state index in [-0.39, 0.29) is 12.8 Å². The summed E-state index contributed by atoms with van der Waals surface area (Å²) in [7, 11) is -9.21. The van der Waals surface area contributed by atoms with E-state index in [1.807, 2.05) is 0 Å². The molecule has 98 valence electrons. The first-order valence-electron chi connectivity index (χ1n) is 4.81. The monoisotopic (exact) mass is 274 g/mol. The zero-order chi connectivity index (χ0) is 13.4. The Labute approximate surface area is 96.6 Å². The zero-order valence-electron chi connectivity index (χ0n) is 9.76. The average molecular weight is 274 g/mol. The van der Waals surface area contributed by atoms with E-state index in [0.29, 0.717) is 0 Å². The fourth-order valence-corrected chi connectivity index (χ4v) is 4.40. The Balaban J connectivity index is 6.13. The number of rotatable bonds is 5. The summed E-state index contributed by atoms with van der Waals surface area (Å²) < 4.78 is 59.7. The topological polar surface area (TPSA) is 109 Å². The first-order valence-corrected chi connectivity index (χ1v) is 7.69. The predicted octanol–water partition coefficient (Wildman–Crippen LogP) is 1.10. The van der Waals surface area contributed by atoms with Gasteiger partial charge < -0.3 is 0 Å². The minimum atomic E-state index is -4.61. The van der Waals surface area contributed by atoms with Gasteiger partial charge in [0.1, 0.15) is 9.49 Å². The molecule has 0 aromatic carbocycles. The Hall–Kier alpha value is -0.180. The van der Waals surface area contributed by atoms with Crippen molar-refractivity contribution >= 4 is 20.2 Å². The Morgan fingerprint density at radius 2 is 1.00 bits per heavy atom. The van der Waals surface area contributed by atoms with E-state index < -0.39 is 29.7 Å². The third-order valence-electron chi connectivity index (χ3n) is 3.61. The van der Waals surface area contributed by atoms with Gasteiger partial charge in [0.25, 0.3) is 20.2 Å². The first kappa shape index (κ1) is 15.8. The zero-order valence-corrected chi connectivity index (χ0v) is 11.4. The van der Waals surface area contributed by atoms with Gasteiger partial charge in [0, 0.05) is 0 Å². The third-order valence-corrected chi connectivity index (χ3v) is 7.49. The average Bonchev–Trinajstić information content (AvgIpc) is 2.11. The van der Waals surface area contributed by atoms with Crippen molar-refractivity contribution in [2.75, 3.05) is 0 Å². The van der Waals surface area contributed by atoms with Gasteiger partial charge in [-0.05, 0) is 26.7 Å². The van der Waals surface area contributed by atoms with Gasteiger partial charge in [0.05, 0.1) is 0 Å². The van der Waals surface area contributed by atoms with Crippen LogP contribution in [-0.2, 0) is 20.2 Å². The molecule has 0 aliphatic carbocycles. The lowest BCUT2D eigenvalue weighted by Gasteiger charge is -2.40. The second-order valence-corrected chi connectivity index (χ2v) is 7.82. The van der Waals surface area contributed by atoms with Gasteiger partial charge in [-0.15, -0.1) is 0 Å². The molecule has 2 unspecified atom stereocenters. The fourth-order valence-electron chi connectivity index (χ4n) is 1.66. The summed E-state index contributed by atoms with van der Waals surface area (Å²) in [6.07, 6.45) is -0.258. The maximum Gasteiger partial charge on any atom is 0.272 e. The molecule has 0 rings (SSSR count). The summed E-state index contributed by atoms with van der Waals surface area (Å²) >= 11 is 0. The van der Waals surface area contributed by atoms with Gasteiger partial charge in [-0.3, -0.25) is 9.11 Å². The van der Waals surface area contributed by atoms with Crippen LogP contribution in [0.3, 0.4) is 0 Å². The van der Waals surface area contributed by atoms with E-state index in [1.165, 1.54) is 13.8 Å². The molecule has 0 aliphatic rings. The molecular weight excluding hydrogens is 256 g/mol. The Morgan fingerprint density at radius 3 is 1.06 bits per heavy atom. The summed E-state index contributed by atoms with van der Waals surface area (Å²) in [5.74, 6) is 0. The molecule has 16 heavy (non-hydrogen) atoms. The van der Waals surface area contributed by atoms with E-state index in [9.17, 15) is 16.8 Å². The van der Waals surface area contributed by atoms with E-state index in [1.54, 1.807) is 0 Å². The van der Waals surface area contributed by atoms with E-state index >= 15 is 0 Å². The van der Waals surface area contributed by atoms with Crippen LogP contribution in [0.15, 0.2) is 0 Å². The number of hydrogen-bond acceptors (Lipinski definition) is 4. The van der Waals surface area contributed by atoms with Gasteiger partial charge in [-0.25, -0.2) is 0 Å². The van der Waals surface area contributed by atoms with Crippen molar-refractivity contribution in [3.8, 4) is 0 Å². The Morgan fingerprint density at radius 1 is 0.812 bits per heavy atom. The SMILES string of the molecule is CCC(C)(C(C)(CC)S(=O)(=O)O)S(=O)(=O)O. The van der Waals surface area contributed by atoms with Gasteiger partial charge in [-0.2, -0.15) is 16.8 Å². The molecule has 0 amide bonds. The van der Waals surface area contributed by atoms with Gasteiger partial charge >= 0.3 is 0 Å². The highest BCUT2D eigenvalue weighted by Crippen LogP contribution is 2.40. The van der Waals surface area contributed by atoms with E-state index in [2.05, 4.69) is 0 Å². The van der Waals surface area contributed by atoms with Crippen molar-refractivity contribution < 1.29 is 25.9 Å². The largest absolute Gasteiger partial charge is 0.285 e. The molecule has 0 saturated carbocycles. The molecule has 2 N–H and O–H groups in total. The predicted molar refractivity (Wildman–Crippen MR) is 60.5 cm³/mol. The lowest BCUT2D eigenvalue weighted by Crippen LogP contribution is -2.58. The highest BCUT2D eigenvalue weighted by atomic mass is 32.2. The van der Waals surface area contributed by atoms with Crippen LogP contribution in [0.25, 0.3) is 0 Å². The maximum absolute atomic E-state index is 11.3. The number of hydrogen-bond donors (Lipinski definition) is 2. The van der Waals surface area contributed by atoms with Crippen LogP contribution in [0.5, 0.6) is 0 Å². The maximum atomic E-state index is 11.3. The highest BCUT2D eigenvalue weighted by molar-refractivity contribution is 7.91. The van der Waals surface area contributed by atoms with E-state index in [4.69, 9.17) is 9.11 Å². The minimum absolute atomic E-state index is 0.129. The molecule has 0 fully saturated rings. The molecule has 2 atom stereocenters. The molecule has 0 aliphatic heterocycles. The Kier molecular flexibility index (Phi) is 4.20. The molecule has 0 saturated heterocycles. The van der Waals surface area contributed by atoms with Crippen LogP contribution >= 0.6 is 0 Å². The van der Waals surface area contributed by atoms with Crippen molar-refractivity contribution in [1.29, 1.82) is 0 Å². The second kappa shape index (κ2) is 4.25. The van der Waals surface area contributed by atoms with Crippen LogP contribution in [0.1, 0.15) is 40.5 Å². The van der Waals surface area contributed by atoms with E-state index in [0.717, 1.165) is 13.8 Å². The summed E-state index contributed by atoms with van der Waals surface area (Å²) in [5, 5.41) is 0. The van der Waals surface area contributed by atoms with Crippen LogP contribution in [-0.4, -0.2) is 35.4 Å². The molecule has 0 heterocycles. The third kappa shape index (κ3) is 2.11. The quantitative estimate of drug-likeness (QED) is 0.727. The summed E-state index contributed by atoms with van der Waals surface area (Å²) in [5.41, 5.74) is 0. The lowest BCUT2D eigenvalue weighted by molar-refractivity contribution is 0.330. The molecule has 6 nitrogen and oxygen atoms in total. The summed E-state index contributed by atoms with van der Waals surface area (Å²) in [6, 6.07) is 0. The van der Waals surface area contributed by atoms with Crippen molar-refractivity contribution in [3.05, 3.63) is 0 Å². The molecule has 0 radical (unpaired) electrons. The smallest absolute Gasteiger partial charge is 0.272 e. The molecular formula is C8H18O6S2. The second-order valence-electron chi connectivity index (χ2n) is 4.12. The van der Waals surface area contributed by atoms with Gasteiger partial charge in [0.2, 0.25) is 0 Å². The van der Waals surface area contributed by atoms with Crippen molar-refractivity contribution in [2.24, 2.45) is 0 Å². The lowest BCUT2D eigenvalue weighted by atomic mass is 9.89.